The summed E-state index contributed by atoms with van der Waals surface area (Å²) in [5, 5.41) is 6.91. The molecule has 0 radical (unpaired) electrons. The van der Waals surface area contributed by atoms with Gasteiger partial charge in [-0.05, 0) is 38.5 Å². The van der Waals surface area contributed by atoms with Crippen LogP contribution in [0.15, 0.2) is 23.5 Å². The second-order valence-corrected chi connectivity index (χ2v) is 6.22. The van der Waals surface area contributed by atoms with Crippen LogP contribution in [0.1, 0.15) is 77.0 Å². The molecule has 114 valence electrons. The van der Waals surface area contributed by atoms with Crippen molar-refractivity contribution in [1.82, 2.24) is 10.6 Å². The molecule has 2 N–H and O–H groups in total. The van der Waals surface area contributed by atoms with Gasteiger partial charge in [0.1, 0.15) is 0 Å². The lowest BCUT2D eigenvalue weighted by atomic mass is 10.1. The summed E-state index contributed by atoms with van der Waals surface area (Å²) >= 11 is 0. The highest BCUT2D eigenvalue weighted by Gasteiger charge is 2.03. The van der Waals surface area contributed by atoms with Crippen LogP contribution < -0.4 is 10.6 Å². The summed E-state index contributed by atoms with van der Waals surface area (Å²) in [6.45, 7) is 2.34. The number of allylic oxidation sites excluding steroid dienone is 2. The molecule has 0 atom stereocenters. The number of nitrogens with one attached hydrogen (secondary N) is 2. The Hall–Kier alpha value is -0.920. The first kappa shape index (κ1) is 15.5. The average Bonchev–Trinajstić information content (AvgIpc) is 3.14. The van der Waals surface area contributed by atoms with Gasteiger partial charge in [0.15, 0.2) is 0 Å². The first-order valence-corrected chi connectivity index (χ1v) is 8.81. The molecule has 0 fully saturated rings. The monoisotopic (exact) mass is 276 g/mol. The SMILES string of the molecule is C1=C(CCCCCCCCCCC2=CCCN2)NCC1. The van der Waals surface area contributed by atoms with Crippen LogP contribution >= 0.6 is 0 Å². The smallest absolute Gasteiger partial charge is 0.0179 e. The van der Waals surface area contributed by atoms with Crippen LogP contribution in [-0.4, -0.2) is 13.1 Å². The topological polar surface area (TPSA) is 24.1 Å². The molecule has 0 amide bonds. The second kappa shape index (κ2) is 9.90. The first-order chi connectivity index (χ1) is 9.95. The maximum Gasteiger partial charge on any atom is 0.0179 e. The standard InChI is InChI=1S/C18H32N2/c1(3-5-7-11-17-13-9-15-19-17)2-4-6-8-12-18-14-10-16-20-18/h13-14,19-20H,1-12,15-16H2. The lowest BCUT2D eigenvalue weighted by Crippen LogP contribution is -2.06. The Morgan fingerprint density at radius 2 is 1.00 bits per heavy atom. The van der Waals surface area contributed by atoms with Crippen LogP contribution in [-0.2, 0) is 0 Å². The molecule has 0 saturated carbocycles. The lowest BCUT2D eigenvalue weighted by molar-refractivity contribution is 0.561. The highest BCUT2D eigenvalue weighted by atomic mass is 14.9. The first-order valence-electron chi connectivity index (χ1n) is 8.81. The van der Waals surface area contributed by atoms with E-state index in [1.54, 1.807) is 0 Å². The lowest BCUT2D eigenvalue weighted by Gasteiger charge is -2.05. The summed E-state index contributed by atoms with van der Waals surface area (Å²) in [5.41, 5.74) is 3.00. The van der Waals surface area contributed by atoms with Gasteiger partial charge in [0.2, 0.25) is 0 Å². The summed E-state index contributed by atoms with van der Waals surface area (Å²) in [7, 11) is 0. The molecule has 2 aliphatic rings. The van der Waals surface area contributed by atoms with Crippen molar-refractivity contribution in [1.29, 1.82) is 0 Å². The van der Waals surface area contributed by atoms with Crippen molar-refractivity contribution in [3.8, 4) is 0 Å². The van der Waals surface area contributed by atoms with Crippen LogP contribution in [0.2, 0.25) is 0 Å². The van der Waals surface area contributed by atoms with Crippen molar-refractivity contribution < 1.29 is 0 Å². The second-order valence-electron chi connectivity index (χ2n) is 6.22. The molecule has 0 aliphatic carbocycles. The number of unbranched alkanes of at least 4 members (excludes halogenated alkanes) is 7. The summed E-state index contributed by atoms with van der Waals surface area (Å²) < 4.78 is 0. The number of hydrogen-bond acceptors (Lipinski definition) is 2. The van der Waals surface area contributed by atoms with Crippen molar-refractivity contribution in [3.05, 3.63) is 23.5 Å². The van der Waals surface area contributed by atoms with E-state index in [4.69, 9.17) is 0 Å². The van der Waals surface area contributed by atoms with Crippen molar-refractivity contribution in [2.75, 3.05) is 13.1 Å². The highest BCUT2D eigenvalue weighted by molar-refractivity contribution is 5.05. The van der Waals surface area contributed by atoms with Gasteiger partial charge in [0, 0.05) is 24.5 Å². The molecule has 0 saturated heterocycles. The van der Waals surface area contributed by atoms with E-state index >= 15 is 0 Å². The van der Waals surface area contributed by atoms with Gasteiger partial charge in [-0.3, -0.25) is 0 Å². The molecule has 0 bridgehead atoms. The zero-order valence-electron chi connectivity index (χ0n) is 13.1. The molecule has 20 heavy (non-hydrogen) atoms. The Labute approximate surface area is 125 Å². The van der Waals surface area contributed by atoms with E-state index in [1.165, 1.54) is 102 Å². The van der Waals surface area contributed by atoms with Gasteiger partial charge in [-0.15, -0.1) is 0 Å². The highest BCUT2D eigenvalue weighted by Crippen LogP contribution is 2.15. The zero-order chi connectivity index (χ0) is 13.9. The van der Waals surface area contributed by atoms with Gasteiger partial charge in [0.25, 0.3) is 0 Å². The minimum absolute atomic E-state index is 1.17. The predicted octanol–water partition coefficient (Wildman–Crippen LogP) is 4.64. The van der Waals surface area contributed by atoms with Gasteiger partial charge in [-0.2, -0.15) is 0 Å². The fourth-order valence-electron chi connectivity index (χ4n) is 3.18. The normalized spacial score (nSPS) is 17.6. The molecule has 0 unspecified atom stereocenters. The molecular weight excluding hydrogens is 244 g/mol. The summed E-state index contributed by atoms with van der Waals surface area (Å²) in [6.07, 6.45) is 21.1. The van der Waals surface area contributed by atoms with E-state index in [-0.39, 0.29) is 0 Å². The Balaban J connectivity index is 1.30. The van der Waals surface area contributed by atoms with E-state index in [2.05, 4.69) is 22.8 Å². The van der Waals surface area contributed by atoms with E-state index in [9.17, 15) is 0 Å². The molecule has 2 heterocycles. The minimum Gasteiger partial charge on any atom is -0.388 e. The predicted molar refractivity (Wildman–Crippen MR) is 87.6 cm³/mol. The molecule has 2 rings (SSSR count). The quantitative estimate of drug-likeness (QED) is 0.537. The molecule has 0 spiro atoms. The maximum atomic E-state index is 3.46. The third-order valence-electron chi connectivity index (χ3n) is 4.42. The molecule has 2 heteroatoms. The Bertz CT molecular complexity index is 285. The molecule has 0 aromatic heterocycles. The molecule has 0 aromatic rings. The Morgan fingerprint density at radius 1 is 0.600 bits per heavy atom. The van der Waals surface area contributed by atoms with E-state index in [0.29, 0.717) is 0 Å². The van der Waals surface area contributed by atoms with Crippen molar-refractivity contribution in [2.45, 2.75) is 77.0 Å². The molecular formula is C18H32N2. The van der Waals surface area contributed by atoms with E-state index in [1.807, 2.05) is 0 Å². The Morgan fingerprint density at radius 3 is 1.35 bits per heavy atom. The molecule has 2 nitrogen and oxygen atoms in total. The van der Waals surface area contributed by atoms with Gasteiger partial charge < -0.3 is 10.6 Å². The summed E-state index contributed by atoms with van der Waals surface area (Å²) in [4.78, 5) is 0. The average molecular weight is 276 g/mol. The fourth-order valence-corrected chi connectivity index (χ4v) is 3.18. The minimum atomic E-state index is 1.17. The van der Waals surface area contributed by atoms with Crippen LogP contribution in [0.5, 0.6) is 0 Å². The number of rotatable bonds is 11. The van der Waals surface area contributed by atoms with Crippen molar-refractivity contribution >= 4 is 0 Å². The third-order valence-corrected chi connectivity index (χ3v) is 4.42. The van der Waals surface area contributed by atoms with Crippen molar-refractivity contribution in [3.63, 3.8) is 0 Å². The molecule has 2 aliphatic heterocycles. The van der Waals surface area contributed by atoms with Gasteiger partial charge in [0.05, 0.1) is 0 Å². The zero-order valence-corrected chi connectivity index (χ0v) is 13.1. The molecule has 0 aromatic carbocycles. The largest absolute Gasteiger partial charge is 0.388 e. The van der Waals surface area contributed by atoms with Crippen LogP contribution in [0, 0.1) is 0 Å². The van der Waals surface area contributed by atoms with Crippen LogP contribution in [0.25, 0.3) is 0 Å². The number of hydrogen-bond donors (Lipinski definition) is 2. The van der Waals surface area contributed by atoms with E-state index in [0.717, 1.165) is 0 Å². The Kier molecular flexibility index (Phi) is 7.66. The van der Waals surface area contributed by atoms with Crippen LogP contribution in [0.4, 0.5) is 0 Å². The van der Waals surface area contributed by atoms with E-state index < -0.39 is 0 Å². The van der Waals surface area contributed by atoms with Gasteiger partial charge in [-0.25, -0.2) is 0 Å². The maximum absolute atomic E-state index is 3.46. The fraction of sp³-hybridized carbons (Fsp3) is 0.778. The summed E-state index contributed by atoms with van der Waals surface area (Å²) in [5.74, 6) is 0. The van der Waals surface area contributed by atoms with Gasteiger partial charge in [-0.1, -0.05) is 50.7 Å². The van der Waals surface area contributed by atoms with Crippen molar-refractivity contribution in [2.24, 2.45) is 0 Å². The summed E-state index contributed by atoms with van der Waals surface area (Å²) in [6, 6.07) is 0. The van der Waals surface area contributed by atoms with Crippen LogP contribution in [0.3, 0.4) is 0 Å². The van der Waals surface area contributed by atoms with Gasteiger partial charge >= 0.3 is 0 Å². The third kappa shape index (κ3) is 6.49.